The van der Waals surface area contributed by atoms with Crippen LogP contribution in [0, 0.1) is 0 Å². The molecular formula is C3H9AlN6Ti. The third-order valence-electron chi connectivity index (χ3n) is 0.687. The molecule has 8 heteroatoms. The number of hydrogen-bond acceptors (Lipinski definition) is 6. The quantitative estimate of drug-likeness (QED) is 0.400. The van der Waals surface area contributed by atoms with Crippen molar-refractivity contribution in [2.75, 3.05) is 17.2 Å². The van der Waals surface area contributed by atoms with Gasteiger partial charge in [-0.05, 0) is 0 Å². The molecule has 0 saturated heterocycles. The van der Waals surface area contributed by atoms with Gasteiger partial charge in [0.25, 0.3) is 0 Å². The summed E-state index contributed by atoms with van der Waals surface area (Å²) in [5.41, 5.74) is 15.4. The van der Waals surface area contributed by atoms with Crippen molar-refractivity contribution < 1.29 is 21.7 Å². The Morgan fingerprint density at radius 2 is 0.909 bits per heavy atom. The summed E-state index contributed by atoms with van der Waals surface area (Å²) in [5, 5.41) is 0. The second-order valence-electron chi connectivity index (χ2n) is 1.41. The van der Waals surface area contributed by atoms with E-state index in [0.29, 0.717) is 0 Å². The smallest absolute Gasteiger partial charge is 0.226 e. The first-order valence-electron chi connectivity index (χ1n) is 2.21. The number of nitrogens with two attached hydrogens (primary N) is 3. The third kappa shape index (κ3) is 4.17. The predicted molar refractivity (Wildman–Crippen MR) is 43.0 cm³/mol. The van der Waals surface area contributed by atoms with Crippen LogP contribution in [0.4, 0.5) is 17.8 Å². The fourth-order valence-corrected chi connectivity index (χ4v) is 0.427. The molecule has 0 fully saturated rings. The summed E-state index contributed by atoms with van der Waals surface area (Å²) in [4.78, 5) is 10.5. The van der Waals surface area contributed by atoms with E-state index in [0.717, 1.165) is 0 Å². The van der Waals surface area contributed by atoms with Gasteiger partial charge in [-0.2, -0.15) is 15.0 Å². The van der Waals surface area contributed by atoms with Crippen LogP contribution in [0.3, 0.4) is 0 Å². The zero-order chi connectivity index (χ0) is 6.85. The Bertz CT molecular complexity index is 179. The van der Waals surface area contributed by atoms with Crippen LogP contribution in [-0.4, -0.2) is 32.3 Å². The van der Waals surface area contributed by atoms with Gasteiger partial charge in [0.05, 0.1) is 0 Å². The largest absolute Gasteiger partial charge is 0.368 e. The number of anilines is 3. The molecule has 0 aliphatic carbocycles. The van der Waals surface area contributed by atoms with E-state index in [4.69, 9.17) is 17.2 Å². The van der Waals surface area contributed by atoms with Crippen molar-refractivity contribution in [3.63, 3.8) is 0 Å². The molecule has 58 valence electrons. The monoisotopic (exact) mass is 204 g/mol. The molecule has 0 unspecified atom stereocenters. The van der Waals surface area contributed by atoms with Crippen LogP contribution in [0.15, 0.2) is 0 Å². The zero-order valence-corrected chi connectivity index (χ0v) is 6.64. The van der Waals surface area contributed by atoms with Gasteiger partial charge in [0.1, 0.15) is 0 Å². The van der Waals surface area contributed by atoms with Crippen LogP contribution < -0.4 is 17.2 Å². The second kappa shape index (κ2) is 5.33. The minimum absolute atomic E-state index is 0. The first-order chi connectivity index (χ1) is 4.18. The molecule has 6 N–H and O–H groups in total. The number of nitrogen functional groups attached to an aromatic ring is 3. The van der Waals surface area contributed by atoms with Gasteiger partial charge in [0, 0.05) is 21.7 Å². The van der Waals surface area contributed by atoms with Crippen LogP contribution in [-0.2, 0) is 21.7 Å². The molecule has 1 aromatic rings. The van der Waals surface area contributed by atoms with Gasteiger partial charge in [0.2, 0.25) is 17.8 Å². The average molecular weight is 204 g/mol. The summed E-state index contributed by atoms with van der Waals surface area (Å²) in [6.07, 6.45) is 0. The van der Waals surface area contributed by atoms with Gasteiger partial charge < -0.3 is 17.2 Å². The van der Waals surface area contributed by atoms with Gasteiger partial charge in [-0.1, -0.05) is 0 Å². The Hall–Kier alpha value is -0.343. The van der Waals surface area contributed by atoms with E-state index >= 15 is 0 Å². The van der Waals surface area contributed by atoms with Crippen LogP contribution in [0.2, 0.25) is 0 Å². The van der Waals surface area contributed by atoms with Crippen LogP contribution in [0.5, 0.6) is 0 Å². The number of nitrogens with zero attached hydrogens (tertiary/aromatic N) is 3. The number of aromatic nitrogens is 3. The van der Waals surface area contributed by atoms with Crippen molar-refractivity contribution in [3.05, 3.63) is 0 Å². The van der Waals surface area contributed by atoms with Crippen molar-refractivity contribution in [3.8, 4) is 0 Å². The van der Waals surface area contributed by atoms with Crippen LogP contribution in [0.25, 0.3) is 0 Å². The summed E-state index contributed by atoms with van der Waals surface area (Å²) in [5.74, 6) is 0.125. The van der Waals surface area contributed by atoms with Crippen LogP contribution in [0.1, 0.15) is 0 Å². The summed E-state index contributed by atoms with van der Waals surface area (Å²) in [7, 11) is 0. The average Bonchev–Trinajstić information content (AvgIpc) is 1.59. The minimum atomic E-state index is 0. The summed E-state index contributed by atoms with van der Waals surface area (Å²) in [6.45, 7) is 0. The van der Waals surface area contributed by atoms with E-state index in [9.17, 15) is 0 Å². The third-order valence-corrected chi connectivity index (χ3v) is 0.687. The standard InChI is InChI=1S/C3H6N6.Al.Ti.3H/c4-1-7-2(5)9-3(6)8-1;;;;;/h(H6,4,5,6,7,8,9);;;;;. The van der Waals surface area contributed by atoms with E-state index in [-0.39, 0.29) is 56.9 Å². The second-order valence-corrected chi connectivity index (χ2v) is 1.41. The first-order valence-corrected chi connectivity index (χ1v) is 2.21. The Balaban J connectivity index is 0. The SMILES string of the molecule is Nc1nc(N)nc(N)n1.[AlH3].[Ti]. The molecule has 0 radical (unpaired) electrons. The number of rotatable bonds is 0. The van der Waals surface area contributed by atoms with Gasteiger partial charge in [0.15, 0.2) is 17.4 Å². The molecule has 0 aromatic carbocycles. The van der Waals surface area contributed by atoms with E-state index in [1.54, 1.807) is 0 Å². The molecule has 0 spiro atoms. The summed E-state index contributed by atoms with van der Waals surface area (Å²) in [6, 6.07) is 0. The Kier molecular flexibility index (Phi) is 6.42. The van der Waals surface area contributed by atoms with Gasteiger partial charge in [-0.15, -0.1) is 0 Å². The zero-order valence-electron chi connectivity index (χ0n) is 5.07. The minimum Gasteiger partial charge on any atom is -0.368 e. The molecule has 0 atom stereocenters. The van der Waals surface area contributed by atoms with Crippen molar-refractivity contribution in [1.82, 2.24) is 15.0 Å². The van der Waals surface area contributed by atoms with Crippen molar-refractivity contribution in [2.24, 2.45) is 0 Å². The Morgan fingerprint density at radius 3 is 1.09 bits per heavy atom. The fraction of sp³-hybridized carbons (Fsp3) is 0. The normalized spacial score (nSPS) is 7.64. The maximum atomic E-state index is 5.14. The maximum Gasteiger partial charge on any atom is 0.226 e. The van der Waals surface area contributed by atoms with E-state index in [2.05, 4.69) is 15.0 Å². The first kappa shape index (κ1) is 13.3. The van der Waals surface area contributed by atoms with Gasteiger partial charge in [-0.25, -0.2) is 0 Å². The van der Waals surface area contributed by atoms with E-state index in [1.165, 1.54) is 0 Å². The Labute approximate surface area is 89.0 Å². The van der Waals surface area contributed by atoms with Crippen molar-refractivity contribution >= 4 is 35.2 Å². The molecule has 0 aliphatic heterocycles. The molecule has 0 amide bonds. The van der Waals surface area contributed by atoms with E-state index in [1.807, 2.05) is 0 Å². The predicted octanol–water partition coefficient (Wildman–Crippen LogP) is -2.57. The van der Waals surface area contributed by atoms with Crippen LogP contribution >= 0.6 is 0 Å². The molecule has 1 aromatic heterocycles. The van der Waals surface area contributed by atoms with Gasteiger partial charge >= 0.3 is 0 Å². The van der Waals surface area contributed by atoms with Gasteiger partial charge in [-0.3, -0.25) is 0 Å². The Morgan fingerprint density at radius 1 is 0.727 bits per heavy atom. The van der Waals surface area contributed by atoms with Crippen molar-refractivity contribution in [1.29, 1.82) is 0 Å². The topological polar surface area (TPSA) is 117 Å². The molecule has 0 aliphatic rings. The van der Waals surface area contributed by atoms with Crippen molar-refractivity contribution in [2.45, 2.75) is 0 Å². The number of hydrogen-bond donors (Lipinski definition) is 3. The molecule has 1 rings (SSSR count). The fourth-order valence-electron chi connectivity index (χ4n) is 0.427. The molecule has 0 saturated carbocycles. The van der Waals surface area contributed by atoms with E-state index < -0.39 is 0 Å². The molecule has 0 bridgehead atoms. The molecule has 11 heavy (non-hydrogen) atoms. The molecular weight excluding hydrogens is 195 g/mol. The molecule has 6 nitrogen and oxygen atoms in total. The summed E-state index contributed by atoms with van der Waals surface area (Å²) < 4.78 is 0. The summed E-state index contributed by atoms with van der Waals surface area (Å²) >= 11 is 0. The maximum absolute atomic E-state index is 5.14. The molecule has 1 heterocycles.